The normalized spacial score (nSPS) is 10.9. The summed E-state index contributed by atoms with van der Waals surface area (Å²) in [4.78, 5) is 30.6. The summed E-state index contributed by atoms with van der Waals surface area (Å²) >= 11 is 1.57. The molecule has 3 aromatic rings. The van der Waals surface area contributed by atoms with Crippen molar-refractivity contribution in [3.8, 4) is 0 Å². The van der Waals surface area contributed by atoms with E-state index in [0.717, 1.165) is 16.0 Å². The second kappa shape index (κ2) is 10.5. The minimum atomic E-state index is -0.425. The van der Waals surface area contributed by atoms with Crippen LogP contribution in [0.4, 0.5) is 8.78 Å². The van der Waals surface area contributed by atoms with Gasteiger partial charge in [0.2, 0.25) is 5.91 Å². The molecule has 0 aliphatic carbocycles. The molecule has 3 rings (SSSR count). The molecule has 2 amide bonds. The number of benzene rings is 2. The average Bonchev–Trinajstić information content (AvgIpc) is 3.17. The summed E-state index contributed by atoms with van der Waals surface area (Å²) in [7, 11) is 0. The second-order valence-electron chi connectivity index (χ2n) is 7.94. The molecule has 0 radical (unpaired) electrons. The van der Waals surface area contributed by atoms with E-state index in [-0.39, 0.29) is 30.2 Å². The van der Waals surface area contributed by atoms with Gasteiger partial charge in [-0.25, -0.2) is 8.78 Å². The van der Waals surface area contributed by atoms with E-state index >= 15 is 0 Å². The molecule has 168 valence electrons. The van der Waals surface area contributed by atoms with Crippen LogP contribution < -0.4 is 0 Å². The first-order valence-corrected chi connectivity index (χ1v) is 11.2. The van der Waals surface area contributed by atoms with E-state index < -0.39 is 5.82 Å². The largest absolute Gasteiger partial charge is 0.332 e. The van der Waals surface area contributed by atoms with Crippen LogP contribution >= 0.6 is 11.3 Å². The van der Waals surface area contributed by atoms with Crippen LogP contribution in [0, 0.1) is 18.6 Å². The maximum absolute atomic E-state index is 13.4. The summed E-state index contributed by atoms with van der Waals surface area (Å²) in [6.45, 7) is 6.25. The van der Waals surface area contributed by atoms with Crippen molar-refractivity contribution in [2.75, 3.05) is 6.54 Å². The van der Waals surface area contributed by atoms with Gasteiger partial charge in [0.25, 0.3) is 5.91 Å². The van der Waals surface area contributed by atoms with Gasteiger partial charge in [-0.3, -0.25) is 9.59 Å². The molecule has 0 atom stereocenters. The molecule has 7 heteroatoms. The van der Waals surface area contributed by atoms with E-state index in [2.05, 4.69) is 0 Å². The number of hydrogen-bond donors (Lipinski definition) is 0. The summed E-state index contributed by atoms with van der Waals surface area (Å²) in [5, 5.41) is 1.98. The highest BCUT2D eigenvalue weighted by molar-refractivity contribution is 7.10. The Bertz CT molecular complexity index is 1060. The summed E-state index contributed by atoms with van der Waals surface area (Å²) in [5.41, 5.74) is 2.22. The minimum Gasteiger partial charge on any atom is -0.332 e. The van der Waals surface area contributed by atoms with Crippen LogP contribution in [-0.4, -0.2) is 34.2 Å². The smallest absolute Gasteiger partial charge is 0.254 e. The topological polar surface area (TPSA) is 40.6 Å². The molecule has 1 aromatic heterocycles. The average molecular weight is 457 g/mol. The first-order chi connectivity index (χ1) is 15.2. The third-order valence-corrected chi connectivity index (χ3v) is 6.23. The molecule has 2 aromatic carbocycles. The molecule has 0 aliphatic heterocycles. The number of hydrogen-bond acceptors (Lipinski definition) is 3. The summed E-state index contributed by atoms with van der Waals surface area (Å²) in [6, 6.07) is 13.1. The minimum absolute atomic E-state index is 0.112. The van der Waals surface area contributed by atoms with E-state index in [1.807, 2.05) is 32.2 Å². The molecular formula is C25H26F2N2O2S. The van der Waals surface area contributed by atoms with Crippen molar-refractivity contribution in [1.29, 1.82) is 0 Å². The van der Waals surface area contributed by atoms with Crippen LogP contribution in [0.15, 0.2) is 60.0 Å². The van der Waals surface area contributed by atoms with E-state index in [1.165, 1.54) is 41.3 Å². The van der Waals surface area contributed by atoms with Crippen molar-refractivity contribution < 1.29 is 18.4 Å². The van der Waals surface area contributed by atoms with E-state index in [1.54, 1.807) is 28.4 Å². The van der Waals surface area contributed by atoms with E-state index in [9.17, 15) is 18.4 Å². The van der Waals surface area contributed by atoms with Gasteiger partial charge >= 0.3 is 0 Å². The molecule has 0 spiro atoms. The number of rotatable bonds is 8. The number of nitrogens with zero attached hydrogens (tertiary/aromatic N) is 2. The summed E-state index contributed by atoms with van der Waals surface area (Å²) in [5.74, 6) is -1.31. The Labute approximate surface area is 191 Å². The van der Waals surface area contributed by atoms with Crippen molar-refractivity contribution in [3.05, 3.63) is 93.2 Å². The fraction of sp³-hybridized carbons (Fsp3) is 0.280. The zero-order valence-electron chi connectivity index (χ0n) is 18.3. The first-order valence-electron chi connectivity index (χ1n) is 10.4. The van der Waals surface area contributed by atoms with Crippen LogP contribution in [0.2, 0.25) is 0 Å². The highest BCUT2D eigenvalue weighted by Crippen LogP contribution is 2.20. The van der Waals surface area contributed by atoms with Crippen molar-refractivity contribution in [2.24, 2.45) is 0 Å². The van der Waals surface area contributed by atoms with Crippen LogP contribution in [0.1, 0.15) is 40.2 Å². The molecule has 0 fully saturated rings. The van der Waals surface area contributed by atoms with Gasteiger partial charge in [-0.2, -0.15) is 0 Å². The van der Waals surface area contributed by atoms with Gasteiger partial charge in [0, 0.05) is 23.0 Å². The molecular weight excluding hydrogens is 430 g/mol. The van der Waals surface area contributed by atoms with Gasteiger partial charge in [0.05, 0.1) is 6.54 Å². The predicted molar refractivity (Wildman–Crippen MR) is 122 cm³/mol. The lowest BCUT2D eigenvalue weighted by Gasteiger charge is -2.30. The molecule has 1 heterocycles. The zero-order chi connectivity index (χ0) is 23.3. The Morgan fingerprint density at radius 2 is 1.50 bits per heavy atom. The molecule has 0 saturated carbocycles. The van der Waals surface area contributed by atoms with Crippen molar-refractivity contribution in [2.45, 2.75) is 39.9 Å². The summed E-state index contributed by atoms with van der Waals surface area (Å²) in [6.07, 6.45) is 0. The van der Waals surface area contributed by atoms with Crippen LogP contribution in [0.5, 0.6) is 0 Å². The zero-order valence-corrected chi connectivity index (χ0v) is 19.2. The van der Waals surface area contributed by atoms with Gasteiger partial charge < -0.3 is 9.80 Å². The first kappa shape index (κ1) is 23.6. The summed E-state index contributed by atoms with van der Waals surface area (Å²) < 4.78 is 26.6. The Balaban J connectivity index is 1.82. The Kier molecular flexibility index (Phi) is 7.75. The molecule has 0 N–H and O–H groups in total. The van der Waals surface area contributed by atoms with Crippen molar-refractivity contribution in [1.82, 2.24) is 9.80 Å². The van der Waals surface area contributed by atoms with Gasteiger partial charge in [0.1, 0.15) is 18.2 Å². The number of halogens is 2. The van der Waals surface area contributed by atoms with Crippen LogP contribution in [0.25, 0.3) is 0 Å². The monoisotopic (exact) mass is 456 g/mol. The molecule has 0 unspecified atom stereocenters. The van der Waals surface area contributed by atoms with Gasteiger partial charge in [-0.15, -0.1) is 11.3 Å². The predicted octanol–water partition coefficient (Wildman–Crippen LogP) is 5.41. The lowest BCUT2D eigenvalue weighted by atomic mass is 10.1. The highest BCUT2D eigenvalue weighted by atomic mass is 32.1. The Morgan fingerprint density at radius 3 is 2.03 bits per heavy atom. The maximum atomic E-state index is 13.4. The lowest BCUT2D eigenvalue weighted by Crippen LogP contribution is -2.45. The number of thiophene rings is 1. The number of carbonyl (C=O) groups excluding carboxylic acids is 2. The Hall–Kier alpha value is -3.06. The molecule has 0 bridgehead atoms. The fourth-order valence-electron chi connectivity index (χ4n) is 3.27. The van der Waals surface area contributed by atoms with Crippen molar-refractivity contribution in [3.63, 3.8) is 0 Å². The van der Waals surface area contributed by atoms with E-state index in [4.69, 9.17) is 0 Å². The lowest BCUT2D eigenvalue weighted by molar-refractivity contribution is -0.133. The van der Waals surface area contributed by atoms with Crippen LogP contribution in [0.3, 0.4) is 0 Å². The van der Waals surface area contributed by atoms with E-state index in [0.29, 0.717) is 18.7 Å². The standard InChI is InChI=1S/C25H26F2N2O2S/c1-17(2)29(25(31)20-6-10-22(27)11-7-20)16-24(30)28(15-23-18(3)12-13-32-23)14-19-4-8-21(26)9-5-19/h4-13,17H,14-16H2,1-3H3. The quantitative estimate of drug-likeness (QED) is 0.455. The van der Waals surface area contributed by atoms with Crippen molar-refractivity contribution >= 4 is 23.2 Å². The molecule has 4 nitrogen and oxygen atoms in total. The third-order valence-electron chi connectivity index (χ3n) is 5.22. The molecule has 32 heavy (non-hydrogen) atoms. The molecule has 0 aliphatic rings. The number of carbonyl (C=O) groups is 2. The van der Waals surface area contributed by atoms with Crippen LogP contribution in [-0.2, 0) is 17.9 Å². The Morgan fingerprint density at radius 1 is 0.906 bits per heavy atom. The van der Waals surface area contributed by atoms with Gasteiger partial charge in [-0.05, 0) is 79.7 Å². The maximum Gasteiger partial charge on any atom is 0.254 e. The number of amides is 2. The fourth-order valence-corrected chi connectivity index (χ4v) is 4.20. The second-order valence-corrected chi connectivity index (χ2v) is 8.94. The SMILES string of the molecule is Cc1ccsc1CN(Cc1ccc(F)cc1)C(=O)CN(C(=O)c1ccc(F)cc1)C(C)C. The molecule has 0 saturated heterocycles. The van der Waals surface area contributed by atoms with Gasteiger partial charge in [0.15, 0.2) is 0 Å². The third kappa shape index (κ3) is 6.01. The number of aryl methyl sites for hydroxylation is 1. The van der Waals surface area contributed by atoms with Gasteiger partial charge in [-0.1, -0.05) is 12.1 Å². The highest BCUT2D eigenvalue weighted by Gasteiger charge is 2.25.